The van der Waals surface area contributed by atoms with Crippen molar-refractivity contribution in [3.8, 4) is 0 Å². The number of halogens is 6. The van der Waals surface area contributed by atoms with Crippen LogP contribution in [0.5, 0.6) is 0 Å². The van der Waals surface area contributed by atoms with E-state index in [9.17, 15) is 26.3 Å². The van der Waals surface area contributed by atoms with Gasteiger partial charge in [0, 0.05) is 0 Å². The van der Waals surface area contributed by atoms with Crippen molar-refractivity contribution >= 4 is 0 Å². The summed E-state index contributed by atoms with van der Waals surface area (Å²) in [7, 11) is 0. The van der Waals surface area contributed by atoms with Crippen molar-refractivity contribution in [2.45, 2.75) is 31.3 Å². The molecule has 0 spiro atoms. The lowest BCUT2D eigenvalue weighted by molar-refractivity contribution is -0.224. The molecule has 1 unspecified atom stereocenters. The molecule has 2 nitrogen and oxygen atoms in total. The van der Waals surface area contributed by atoms with Crippen LogP contribution in [0.4, 0.5) is 26.3 Å². The summed E-state index contributed by atoms with van der Waals surface area (Å²) in [4.78, 5) is 1.06. The largest absolute Gasteiger partial charge is 0.414 e. The second-order valence-electron chi connectivity index (χ2n) is 4.22. The molecule has 0 aromatic heterocycles. The van der Waals surface area contributed by atoms with E-state index in [2.05, 4.69) is 0 Å². The van der Waals surface area contributed by atoms with Gasteiger partial charge < -0.3 is 5.11 Å². The topological polar surface area (TPSA) is 23.5 Å². The van der Waals surface area contributed by atoms with E-state index in [1.165, 1.54) is 0 Å². The molecule has 0 amide bonds. The number of nitrogens with zero attached hydrogens (tertiary/aromatic N) is 1. The van der Waals surface area contributed by atoms with Gasteiger partial charge in [-0.2, -0.15) is 26.3 Å². The Morgan fingerprint density at radius 1 is 1.06 bits per heavy atom. The van der Waals surface area contributed by atoms with Gasteiger partial charge in [0.1, 0.15) is 0 Å². The van der Waals surface area contributed by atoms with Gasteiger partial charge in [-0.05, 0) is 31.8 Å². The Bertz CT molecular complexity index is 243. The number of likely N-dealkylation sites (tertiary alicyclic amines) is 1. The number of hydrogen-bond acceptors (Lipinski definition) is 2. The van der Waals surface area contributed by atoms with Crippen LogP contribution in [-0.2, 0) is 0 Å². The van der Waals surface area contributed by atoms with Crippen molar-refractivity contribution in [3.05, 3.63) is 0 Å². The predicted octanol–water partition coefficient (Wildman–Crippen LogP) is 2.18. The molecule has 0 bridgehead atoms. The monoisotopic (exact) mass is 265 g/mol. The first kappa shape index (κ1) is 14.6. The maximum atomic E-state index is 12.2. The van der Waals surface area contributed by atoms with E-state index in [1.54, 1.807) is 0 Å². The lowest BCUT2D eigenvalue weighted by Crippen LogP contribution is -2.45. The number of hydrogen-bond donors (Lipinski definition) is 1. The van der Waals surface area contributed by atoms with E-state index < -0.39 is 30.9 Å². The summed E-state index contributed by atoms with van der Waals surface area (Å²) < 4.78 is 72.5. The van der Waals surface area contributed by atoms with E-state index in [0.717, 1.165) is 4.90 Å². The molecule has 1 aliphatic rings. The molecule has 1 N–H and O–H groups in total. The highest BCUT2D eigenvalue weighted by molar-refractivity contribution is 4.82. The molecule has 0 aliphatic carbocycles. The second kappa shape index (κ2) is 5.01. The van der Waals surface area contributed by atoms with Gasteiger partial charge >= 0.3 is 12.4 Å². The van der Waals surface area contributed by atoms with Gasteiger partial charge in [0.25, 0.3) is 0 Å². The highest BCUT2D eigenvalue weighted by Gasteiger charge is 2.44. The van der Waals surface area contributed by atoms with Crippen LogP contribution in [0.1, 0.15) is 12.8 Å². The van der Waals surface area contributed by atoms with Crippen LogP contribution in [0.15, 0.2) is 0 Å². The summed E-state index contributed by atoms with van der Waals surface area (Å²) >= 11 is 0. The smallest absolute Gasteiger partial charge is 0.383 e. The second-order valence-corrected chi connectivity index (χ2v) is 4.22. The van der Waals surface area contributed by atoms with Crippen LogP contribution in [0, 0.1) is 5.92 Å². The third-order valence-corrected chi connectivity index (χ3v) is 2.82. The highest BCUT2D eigenvalue weighted by Crippen LogP contribution is 2.32. The zero-order valence-corrected chi connectivity index (χ0v) is 8.85. The Morgan fingerprint density at radius 3 is 1.88 bits per heavy atom. The van der Waals surface area contributed by atoms with Crippen LogP contribution in [0.3, 0.4) is 0 Å². The maximum Gasteiger partial charge on any atom is 0.414 e. The first-order chi connectivity index (χ1) is 7.59. The molecular weight excluding hydrogens is 252 g/mol. The average molecular weight is 265 g/mol. The Kier molecular flexibility index (Phi) is 4.29. The fourth-order valence-corrected chi connectivity index (χ4v) is 1.95. The first-order valence-electron chi connectivity index (χ1n) is 5.13. The molecule has 1 heterocycles. The van der Waals surface area contributed by atoms with Gasteiger partial charge in [-0.15, -0.1) is 0 Å². The molecule has 1 fully saturated rings. The van der Waals surface area contributed by atoms with Gasteiger partial charge in [0.2, 0.25) is 0 Å². The number of alkyl halides is 6. The quantitative estimate of drug-likeness (QED) is 0.774. The number of rotatable bonds is 2. The third-order valence-electron chi connectivity index (χ3n) is 2.82. The summed E-state index contributed by atoms with van der Waals surface area (Å²) in [6.07, 6.45) is -11.6. The first-order valence-corrected chi connectivity index (χ1v) is 5.13. The van der Waals surface area contributed by atoms with Crippen LogP contribution < -0.4 is 0 Å². The van der Waals surface area contributed by atoms with Crippen molar-refractivity contribution in [2.75, 3.05) is 19.6 Å². The third kappa shape index (κ3) is 4.71. The van der Waals surface area contributed by atoms with Crippen LogP contribution in [0.25, 0.3) is 0 Å². The van der Waals surface area contributed by atoms with Crippen molar-refractivity contribution < 1.29 is 31.4 Å². The van der Waals surface area contributed by atoms with E-state index >= 15 is 0 Å². The van der Waals surface area contributed by atoms with Crippen molar-refractivity contribution in [3.63, 3.8) is 0 Å². The van der Waals surface area contributed by atoms with Gasteiger partial charge in [-0.1, -0.05) is 0 Å². The van der Waals surface area contributed by atoms with Crippen LogP contribution in [0.2, 0.25) is 0 Å². The van der Waals surface area contributed by atoms with Gasteiger partial charge in [-0.3, -0.25) is 4.90 Å². The molecule has 102 valence electrons. The number of aliphatic hydroxyl groups is 1. The van der Waals surface area contributed by atoms with Crippen molar-refractivity contribution in [2.24, 2.45) is 5.92 Å². The number of piperidine rings is 1. The molecule has 1 saturated heterocycles. The minimum absolute atomic E-state index is 0.0721. The molecule has 0 saturated carbocycles. The molecule has 17 heavy (non-hydrogen) atoms. The zero-order valence-electron chi connectivity index (χ0n) is 8.85. The normalized spacial score (nSPS) is 22.8. The SMILES string of the molecule is OC(C1CCN(CC(F)(F)F)CC1)C(F)(F)F. The minimum Gasteiger partial charge on any atom is -0.383 e. The Hall–Kier alpha value is -0.500. The molecule has 1 rings (SSSR count). The zero-order chi connectivity index (χ0) is 13.3. The van der Waals surface area contributed by atoms with Crippen molar-refractivity contribution in [1.29, 1.82) is 0 Å². The van der Waals surface area contributed by atoms with Gasteiger partial charge in [0.15, 0.2) is 6.10 Å². The average Bonchev–Trinajstić information content (AvgIpc) is 2.14. The van der Waals surface area contributed by atoms with Gasteiger partial charge in [0.05, 0.1) is 6.54 Å². The fourth-order valence-electron chi connectivity index (χ4n) is 1.95. The molecule has 8 heteroatoms. The molecule has 0 aromatic carbocycles. The van der Waals surface area contributed by atoms with E-state index in [-0.39, 0.29) is 25.9 Å². The fraction of sp³-hybridized carbons (Fsp3) is 1.00. The molecule has 1 atom stereocenters. The van der Waals surface area contributed by atoms with E-state index in [4.69, 9.17) is 5.11 Å². The Balaban J connectivity index is 2.41. The van der Waals surface area contributed by atoms with Crippen molar-refractivity contribution in [1.82, 2.24) is 4.90 Å². The molecular formula is C9H13F6NO. The number of aliphatic hydroxyl groups excluding tert-OH is 1. The lowest BCUT2D eigenvalue weighted by atomic mass is 9.91. The minimum atomic E-state index is -4.70. The van der Waals surface area contributed by atoms with E-state index in [1.807, 2.05) is 0 Å². The lowest BCUT2D eigenvalue weighted by Gasteiger charge is -2.34. The van der Waals surface area contributed by atoms with Gasteiger partial charge in [-0.25, -0.2) is 0 Å². The standard InChI is InChI=1S/C9H13F6NO/c10-8(11,12)5-16-3-1-6(2-4-16)7(17)9(13,14)15/h6-7,17H,1-5H2. The maximum absolute atomic E-state index is 12.2. The summed E-state index contributed by atoms with van der Waals surface area (Å²) in [5, 5.41) is 8.96. The molecule has 0 aromatic rings. The Labute approximate surface area is 94.2 Å². The van der Waals surface area contributed by atoms with Crippen LogP contribution >= 0.6 is 0 Å². The summed E-state index contributed by atoms with van der Waals surface area (Å²) in [5.41, 5.74) is 0. The summed E-state index contributed by atoms with van der Waals surface area (Å²) in [5.74, 6) is -1.00. The van der Waals surface area contributed by atoms with Crippen LogP contribution in [-0.4, -0.2) is 48.1 Å². The highest BCUT2D eigenvalue weighted by atomic mass is 19.4. The molecule has 0 radical (unpaired) electrons. The van der Waals surface area contributed by atoms with E-state index in [0.29, 0.717) is 0 Å². The molecule has 1 aliphatic heterocycles. The summed E-state index contributed by atoms with van der Waals surface area (Å²) in [6.45, 7) is -1.25. The Morgan fingerprint density at radius 2 is 1.53 bits per heavy atom. The predicted molar refractivity (Wildman–Crippen MR) is 47.3 cm³/mol. The summed E-state index contributed by atoms with van der Waals surface area (Å²) in [6, 6.07) is 0.